The average molecular weight is 552 g/mol. The summed E-state index contributed by atoms with van der Waals surface area (Å²) in [6.45, 7) is 5.38. The molecule has 0 fully saturated rings. The standard InChI is InChI=1S/C30H37N3O5S/c1-5-23(3)31-30(35)28(6-2)32(21-24-14-9-7-10-15-24)29(34)22-33(25-16-13-17-26(20-25)38-4)39(36,37)27-18-11-8-12-19-27/h7-20,23,28H,5-6,21-22H2,1-4H3,(H,31,35). The first-order valence-corrected chi connectivity index (χ1v) is 14.5. The Morgan fingerprint density at radius 2 is 1.54 bits per heavy atom. The van der Waals surface area contributed by atoms with Gasteiger partial charge in [0.2, 0.25) is 11.8 Å². The number of benzene rings is 3. The summed E-state index contributed by atoms with van der Waals surface area (Å²) in [7, 11) is -2.64. The van der Waals surface area contributed by atoms with Crippen molar-refractivity contribution in [1.82, 2.24) is 10.2 Å². The van der Waals surface area contributed by atoms with E-state index in [0.717, 1.165) is 16.3 Å². The average Bonchev–Trinajstić information content (AvgIpc) is 2.96. The number of carbonyl (C=O) groups is 2. The number of nitrogens with zero attached hydrogens (tertiary/aromatic N) is 2. The molecule has 1 N–H and O–H groups in total. The van der Waals surface area contributed by atoms with E-state index >= 15 is 0 Å². The molecule has 0 spiro atoms. The molecule has 2 atom stereocenters. The van der Waals surface area contributed by atoms with Crippen LogP contribution in [0.3, 0.4) is 0 Å². The van der Waals surface area contributed by atoms with Crippen molar-refractivity contribution in [3.63, 3.8) is 0 Å². The third kappa shape index (κ3) is 7.60. The minimum atomic E-state index is -4.13. The van der Waals surface area contributed by atoms with Gasteiger partial charge in [-0.2, -0.15) is 0 Å². The first-order valence-electron chi connectivity index (χ1n) is 13.1. The second kappa shape index (κ2) is 13.8. The first-order chi connectivity index (χ1) is 18.7. The van der Waals surface area contributed by atoms with Crippen LogP contribution in [0.4, 0.5) is 5.69 Å². The summed E-state index contributed by atoms with van der Waals surface area (Å²) in [5.74, 6) is -0.309. The van der Waals surface area contributed by atoms with Gasteiger partial charge in [0, 0.05) is 18.7 Å². The van der Waals surface area contributed by atoms with Gasteiger partial charge in [0.15, 0.2) is 0 Å². The molecular weight excluding hydrogens is 514 g/mol. The molecule has 3 aromatic rings. The molecule has 0 aliphatic heterocycles. The molecule has 0 aliphatic carbocycles. The lowest BCUT2D eigenvalue weighted by Crippen LogP contribution is -2.53. The number of nitrogens with one attached hydrogen (secondary N) is 1. The summed E-state index contributed by atoms with van der Waals surface area (Å²) >= 11 is 0. The highest BCUT2D eigenvalue weighted by Crippen LogP contribution is 2.27. The van der Waals surface area contributed by atoms with Gasteiger partial charge < -0.3 is 15.0 Å². The Balaban J connectivity index is 2.05. The van der Waals surface area contributed by atoms with Gasteiger partial charge in [-0.25, -0.2) is 8.42 Å². The number of amides is 2. The Hall–Kier alpha value is -3.85. The molecule has 0 heterocycles. The highest BCUT2D eigenvalue weighted by atomic mass is 32.2. The van der Waals surface area contributed by atoms with E-state index in [0.29, 0.717) is 12.2 Å². The summed E-state index contributed by atoms with van der Waals surface area (Å²) in [5, 5.41) is 2.98. The molecule has 0 aromatic heterocycles. The smallest absolute Gasteiger partial charge is 0.264 e. The maximum atomic E-state index is 14.0. The predicted octanol–water partition coefficient (Wildman–Crippen LogP) is 4.61. The number of anilines is 1. The highest BCUT2D eigenvalue weighted by molar-refractivity contribution is 7.92. The Labute approximate surface area is 231 Å². The van der Waals surface area contributed by atoms with Crippen molar-refractivity contribution >= 4 is 27.5 Å². The van der Waals surface area contributed by atoms with Gasteiger partial charge in [-0.3, -0.25) is 13.9 Å². The molecule has 3 aromatic carbocycles. The van der Waals surface area contributed by atoms with Gasteiger partial charge in [-0.15, -0.1) is 0 Å². The van der Waals surface area contributed by atoms with Gasteiger partial charge in [0.25, 0.3) is 10.0 Å². The molecule has 208 valence electrons. The van der Waals surface area contributed by atoms with Crippen molar-refractivity contribution < 1.29 is 22.7 Å². The molecule has 9 heteroatoms. The Morgan fingerprint density at radius 1 is 0.897 bits per heavy atom. The summed E-state index contributed by atoms with van der Waals surface area (Å²) < 4.78 is 34.1. The molecule has 0 radical (unpaired) electrons. The van der Waals surface area contributed by atoms with Crippen molar-refractivity contribution in [2.75, 3.05) is 18.0 Å². The largest absolute Gasteiger partial charge is 0.497 e. The van der Waals surface area contributed by atoms with Crippen molar-refractivity contribution in [3.05, 3.63) is 90.5 Å². The van der Waals surface area contributed by atoms with Gasteiger partial charge in [0.05, 0.1) is 17.7 Å². The molecule has 8 nitrogen and oxygen atoms in total. The van der Waals surface area contributed by atoms with Crippen LogP contribution in [0.15, 0.2) is 89.8 Å². The van der Waals surface area contributed by atoms with Crippen LogP contribution in [0.25, 0.3) is 0 Å². The number of ether oxygens (including phenoxy) is 1. The van der Waals surface area contributed by atoms with Crippen LogP contribution >= 0.6 is 0 Å². The molecular formula is C30H37N3O5S. The first kappa shape index (κ1) is 29.7. The number of carbonyl (C=O) groups excluding carboxylic acids is 2. The number of hydrogen-bond donors (Lipinski definition) is 1. The summed E-state index contributed by atoms with van der Waals surface area (Å²) in [6, 6.07) is 23.0. The second-order valence-corrected chi connectivity index (χ2v) is 11.1. The molecule has 0 saturated heterocycles. The van der Waals surface area contributed by atoms with Crippen LogP contribution in [-0.4, -0.2) is 50.9 Å². The topological polar surface area (TPSA) is 96.0 Å². The van der Waals surface area contributed by atoms with Crippen LogP contribution in [0.5, 0.6) is 5.75 Å². The lowest BCUT2D eigenvalue weighted by molar-refractivity contribution is -0.140. The predicted molar refractivity (Wildman–Crippen MR) is 153 cm³/mol. The van der Waals surface area contributed by atoms with Crippen LogP contribution < -0.4 is 14.4 Å². The molecule has 0 saturated carbocycles. The summed E-state index contributed by atoms with van der Waals surface area (Å²) in [6.07, 6.45) is 1.11. The third-order valence-corrected chi connectivity index (χ3v) is 8.32. The minimum Gasteiger partial charge on any atom is -0.497 e. The maximum Gasteiger partial charge on any atom is 0.264 e. The van der Waals surface area contributed by atoms with Gasteiger partial charge >= 0.3 is 0 Å². The van der Waals surface area contributed by atoms with Crippen molar-refractivity contribution in [3.8, 4) is 5.75 Å². The fourth-order valence-electron chi connectivity index (χ4n) is 4.15. The van der Waals surface area contributed by atoms with Crippen LogP contribution in [0.1, 0.15) is 39.2 Å². The van der Waals surface area contributed by atoms with E-state index in [1.165, 1.54) is 24.1 Å². The van der Waals surface area contributed by atoms with E-state index in [1.54, 1.807) is 42.5 Å². The van der Waals surface area contributed by atoms with E-state index < -0.39 is 28.5 Å². The molecule has 3 rings (SSSR count). The maximum absolute atomic E-state index is 14.0. The zero-order chi connectivity index (χ0) is 28.4. The highest BCUT2D eigenvalue weighted by Gasteiger charge is 2.34. The molecule has 2 amide bonds. The normalized spacial score (nSPS) is 12.7. The lowest BCUT2D eigenvalue weighted by atomic mass is 10.1. The monoisotopic (exact) mass is 551 g/mol. The van der Waals surface area contributed by atoms with Gasteiger partial charge in [-0.05, 0) is 49.6 Å². The molecule has 0 bridgehead atoms. The quantitative estimate of drug-likeness (QED) is 0.335. The number of methoxy groups -OCH3 is 1. The van der Waals surface area contributed by atoms with Crippen LogP contribution in [0, 0.1) is 0 Å². The lowest BCUT2D eigenvalue weighted by Gasteiger charge is -2.33. The zero-order valence-electron chi connectivity index (χ0n) is 22.9. The van der Waals surface area contributed by atoms with Gasteiger partial charge in [0.1, 0.15) is 18.3 Å². The molecule has 2 unspecified atom stereocenters. The van der Waals surface area contributed by atoms with Crippen molar-refractivity contribution in [2.45, 2.75) is 57.1 Å². The van der Waals surface area contributed by atoms with E-state index in [1.807, 2.05) is 51.1 Å². The Bertz CT molecular complexity index is 1330. The zero-order valence-corrected chi connectivity index (χ0v) is 23.7. The Morgan fingerprint density at radius 3 is 2.13 bits per heavy atom. The van der Waals surface area contributed by atoms with E-state index in [-0.39, 0.29) is 29.1 Å². The minimum absolute atomic E-state index is 0.0526. The number of hydrogen-bond acceptors (Lipinski definition) is 5. The van der Waals surface area contributed by atoms with Crippen LogP contribution in [0.2, 0.25) is 0 Å². The fourth-order valence-corrected chi connectivity index (χ4v) is 5.58. The summed E-state index contributed by atoms with van der Waals surface area (Å²) in [5.41, 5.74) is 1.11. The number of sulfonamides is 1. The van der Waals surface area contributed by atoms with Crippen molar-refractivity contribution in [2.24, 2.45) is 0 Å². The van der Waals surface area contributed by atoms with Crippen LogP contribution in [-0.2, 0) is 26.2 Å². The second-order valence-electron chi connectivity index (χ2n) is 9.28. The molecule has 0 aliphatic rings. The molecule has 39 heavy (non-hydrogen) atoms. The van der Waals surface area contributed by atoms with E-state index in [9.17, 15) is 18.0 Å². The van der Waals surface area contributed by atoms with E-state index in [4.69, 9.17) is 4.74 Å². The summed E-state index contributed by atoms with van der Waals surface area (Å²) in [4.78, 5) is 28.8. The SMILES string of the molecule is CCC(C)NC(=O)C(CC)N(Cc1ccccc1)C(=O)CN(c1cccc(OC)c1)S(=O)(=O)c1ccccc1. The fraction of sp³-hybridized carbons (Fsp3) is 0.333. The Kier molecular flexibility index (Phi) is 10.5. The van der Waals surface area contributed by atoms with E-state index in [2.05, 4.69) is 5.32 Å². The van der Waals surface area contributed by atoms with Crippen molar-refractivity contribution in [1.29, 1.82) is 0 Å². The van der Waals surface area contributed by atoms with Gasteiger partial charge in [-0.1, -0.05) is 68.4 Å². The third-order valence-electron chi connectivity index (χ3n) is 6.53. The number of rotatable bonds is 13.